The zero-order valence-corrected chi connectivity index (χ0v) is 8.04. The van der Waals surface area contributed by atoms with Gasteiger partial charge in [-0.25, -0.2) is 18.3 Å². The molecular weight excluding hydrogens is 204 g/mol. The van der Waals surface area contributed by atoms with Gasteiger partial charge in [0.1, 0.15) is 12.6 Å². The van der Waals surface area contributed by atoms with Crippen LogP contribution in [0.25, 0.3) is 0 Å². The predicted octanol–water partition coefficient (Wildman–Crippen LogP) is 0.541. The van der Waals surface area contributed by atoms with E-state index >= 15 is 0 Å². The lowest BCUT2D eigenvalue weighted by atomic mass is 10.6. The second kappa shape index (κ2) is 6.26. The molecule has 12 heavy (non-hydrogen) atoms. The molecule has 0 aliphatic carbocycles. The second-order valence-electron chi connectivity index (χ2n) is 2.07. The molecule has 0 aromatic carbocycles. The maximum absolute atomic E-state index is 10.2. The van der Waals surface area contributed by atoms with Crippen molar-refractivity contribution in [1.82, 2.24) is 4.90 Å². The summed E-state index contributed by atoms with van der Waals surface area (Å²) in [5.74, 6) is 0. The van der Waals surface area contributed by atoms with E-state index in [-0.39, 0.29) is 25.7 Å². The van der Waals surface area contributed by atoms with Gasteiger partial charge in [-0.05, 0) is 0 Å². The van der Waals surface area contributed by atoms with E-state index in [9.17, 15) is 18.3 Å². The Labute approximate surface area is 70.2 Å². The SMILES string of the molecule is O=P(=O)CN(CCO)CP(=O)=O. The highest BCUT2D eigenvalue weighted by Crippen LogP contribution is 2.12. The molecule has 0 aliphatic rings. The molecule has 0 atom stereocenters. The van der Waals surface area contributed by atoms with Crippen LogP contribution in [-0.2, 0) is 18.3 Å². The summed E-state index contributed by atoms with van der Waals surface area (Å²) in [6.45, 7) is -0.209. The molecule has 0 aromatic rings. The first-order chi connectivity index (χ1) is 5.56. The average Bonchev–Trinajstić information content (AvgIpc) is 1.84. The van der Waals surface area contributed by atoms with Crippen LogP contribution in [0, 0.1) is 0 Å². The van der Waals surface area contributed by atoms with E-state index in [0.29, 0.717) is 0 Å². The fourth-order valence-electron chi connectivity index (χ4n) is 0.654. The molecule has 0 bridgehead atoms. The molecule has 70 valence electrons. The Balaban J connectivity index is 4.02. The summed E-state index contributed by atoms with van der Waals surface area (Å²) in [5.41, 5.74) is 0. The first-order valence-electron chi connectivity index (χ1n) is 3.13. The Morgan fingerprint density at radius 1 is 1.00 bits per heavy atom. The lowest BCUT2D eigenvalue weighted by Gasteiger charge is -2.11. The van der Waals surface area contributed by atoms with Crippen molar-refractivity contribution in [3.8, 4) is 0 Å². The molecule has 0 spiro atoms. The molecule has 0 heterocycles. The Hall–Kier alpha value is -0.280. The number of aliphatic hydroxyl groups is 1. The fraction of sp³-hybridized carbons (Fsp3) is 1.00. The first-order valence-corrected chi connectivity index (χ1v) is 5.85. The van der Waals surface area contributed by atoms with Crippen molar-refractivity contribution >= 4 is 15.4 Å². The molecule has 0 saturated heterocycles. The van der Waals surface area contributed by atoms with Crippen molar-refractivity contribution in [2.24, 2.45) is 0 Å². The Bertz CT molecular complexity index is 218. The average molecular weight is 213 g/mol. The van der Waals surface area contributed by atoms with Crippen LogP contribution in [0.15, 0.2) is 0 Å². The third-order valence-corrected chi connectivity index (χ3v) is 2.31. The van der Waals surface area contributed by atoms with E-state index in [0.717, 1.165) is 4.90 Å². The number of aliphatic hydroxyl groups excluding tert-OH is 1. The van der Waals surface area contributed by atoms with Crippen LogP contribution in [0.4, 0.5) is 0 Å². The van der Waals surface area contributed by atoms with Gasteiger partial charge in [-0.3, -0.25) is 4.90 Å². The minimum Gasteiger partial charge on any atom is -0.395 e. The van der Waals surface area contributed by atoms with Gasteiger partial charge in [-0.15, -0.1) is 0 Å². The maximum Gasteiger partial charge on any atom is 0.330 e. The third-order valence-electron chi connectivity index (χ3n) is 1.05. The summed E-state index contributed by atoms with van der Waals surface area (Å²) >= 11 is 0. The zero-order chi connectivity index (χ0) is 9.56. The molecule has 6 nitrogen and oxygen atoms in total. The van der Waals surface area contributed by atoms with Gasteiger partial charge in [0, 0.05) is 6.54 Å². The van der Waals surface area contributed by atoms with Crippen LogP contribution in [-0.4, -0.2) is 35.7 Å². The predicted molar refractivity (Wildman–Crippen MR) is 40.1 cm³/mol. The highest BCUT2D eigenvalue weighted by atomic mass is 31.1. The van der Waals surface area contributed by atoms with Crippen LogP contribution < -0.4 is 0 Å². The second-order valence-corrected chi connectivity index (χ2v) is 3.96. The molecular formula is C4H9NO5P2. The fourth-order valence-corrected chi connectivity index (χ4v) is 1.95. The summed E-state index contributed by atoms with van der Waals surface area (Å²) in [4.78, 5) is 1.14. The van der Waals surface area contributed by atoms with Crippen molar-refractivity contribution < 1.29 is 23.4 Å². The Morgan fingerprint density at radius 2 is 1.42 bits per heavy atom. The van der Waals surface area contributed by atoms with Crippen molar-refractivity contribution in [2.75, 3.05) is 25.7 Å². The van der Waals surface area contributed by atoms with E-state index in [1.54, 1.807) is 0 Å². The maximum atomic E-state index is 10.2. The van der Waals surface area contributed by atoms with Gasteiger partial charge in [-0.1, -0.05) is 0 Å². The topological polar surface area (TPSA) is 91.8 Å². The number of hydrogen-bond donors (Lipinski definition) is 1. The Kier molecular flexibility index (Phi) is 6.11. The normalized spacial score (nSPS) is 10.2. The monoisotopic (exact) mass is 213 g/mol. The van der Waals surface area contributed by atoms with E-state index in [4.69, 9.17) is 5.11 Å². The van der Waals surface area contributed by atoms with Crippen LogP contribution in [0.3, 0.4) is 0 Å². The molecule has 0 amide bonds. The first kappa shape index (κ1) is 11.7. The summed E-state index contributed by atoms with van der Waals surface area (Å²) in [6.07, 6.45) is -0.668. The van der Waals surface area contributed by atoms with E-state index < -0.39 is 15.4 Å². The highest BCUT2D eigenvalue weighted by molar-refractivity contribution is 7.31. The van der Waals surface area contributed by atoms with E-state index in [2.05, 4.69) is 0 Å². The van der Waals surface area contributed by atoms with Gasteiger partial charge in [0.05, 0.1) is 6.61 Å². The quantitative estimate of drug-likeness (QED) is 0.647. The third kappa shape index (κ3) is 6.43. The summed E-state index contributed by atoms with van der Waals surface area (Å²) < 4.78 is 40.7. The standard InChI is InChI=1S/C4H9NO5P2/c6-2-1-5(3-11(7)8)4-12(9)10/h6H,1-4H2. The smallest absolute Gasteiger partial charge is 0.330 e. The van der Waals surface area contributed by atoms with Crippen LogP contribution in [0.5, 0.6) is 0 Å². The van der Waals surface area contributed by atoms with Crippen LogP contribution >= 0.6 is 15.4 Å². The van der Waals surface area contributed by atoms with Gasteiger partial charge in [0.15, 0.2) is 0 Å². The minimum absolute atomic E-state index is 0.0482. The molecule has 0 fully saturated rings. The van der Waals surface area contributed by atoms with Gasteiger partial charge in [-0.2, -0.15) is 0 Å². The van der Waals surface area contributed by atoms with E-state index in [1.165, 1.54) is 0 Å². The summed E-state index contributed by atoms with van der Waals surface area (Å²) in [5, 5.41) is 8.43. The largest absolute Gasteiger partial charge is 0.395 e. The molecule has 0 aliphatic heterocycles. The van der Waals surface area contributed by atoms with E-state index in [1.807, 2.05) is 0 Å². The molecule has 8 heteroatoms. The molecule has 0 saturated carbocycles. The van der Waals surface area contributed by atoms with Crippen molar-refractivity contribution in [2.45, 2.75) is 0 Å². The molecule has 1 N–H and O–H groups in total. The van der Waals surface area contributed by atoms with Crippen molar-refractivity contribution in [1.29, 1.82) is 0 Å². The zero-order valence-electron chi connectivity index (χ0n) is 6.25. The number of nitrogens with zero attached hydrogens (tertiary/aromatic N) is 1. The lowest BCUT2D eigenvalue weighted by molar-refractivity contribution is 0.229. The summed E-state index contributed by atoms with van der Waals surface area (Å²) in [6, 6.07) is 0. The highest BCUT2D eigenvalue weighted by Gasteiger charge is 2.08. The molecule has 0 rings (SSSR count). The van der Waals surface area contributed by atoms with Gasteiger partial charge < -0.3 is 5.11 Å². The van der Waals surface area contributed by atoms with Gasteiger partial charge >= 0.3 is 15.4 Å². The number of hydrogen-bond acceptors (Lipinski definition) is 6. The van der Waals surface area contributed by atoms with Crippen molar-refractivity contribution in [3.05, 3.63) is 0 Å². The van der Waals surface area contributed by atoms with Gasteiger partial charge in [0.25, 0.3) is 0 Å². The van der Waals surface area contributed by atoms with Gasteiger partial charge in [0.2, 0.25) is 0 Å². The van der Waals surface area contributed by atoms with Crippen molar-refractivity contribution in [3.63, 3.8) is 0 Å². The molecule has 0 radical (unpaired) electrons. The molecule has 0 unspecified atom stereocenters. The Morgan fingerprint density at radius 3 is 1.67 bits per heavy atom. The molecule has 0 aromatic heterocycles. The number of rotatable bonds is 6. The minimum atomic E-state index is -2.63. The van der Waals surface area contributed by atoms with Crippen LogP contribution in [0.1, 0.15) is 0 Å². The van der Waals surface area contributed by atoms with Crippen LogP contribution in [0.2, 0.25) is 0 Å². The summed E-state index contributed by atoms with van der Waals surface area (Å²) in [7, 11) is -5.27. The lowest BCUT2D eigenvalue weighted by Crippen LogP contribution is -2.24.